The van der Waals surface area contributed by atoms with E-state index in [0.29, 0.717) is 18.6 Å². The Labute approximate surface area is 123 Å². The molecule has 114 valence electrons. The highest BCUT2D eigenvalue weighted by Gasteiger charge is 2.32. The van der Waals surface area contributed by atoms with Gasteiger partial charge < -0.3 is 15.6 Å². The molecule has 0 aromatic carbocycles. The van der Waals surface area contributed by atoms with E-state index in [4.69, 9.17) is 5.73 Å². The Balaban J connectivity index is 1.63. The molecule has 1 atom stereocenters. The van der Waals surface area contributed by atoms with E-state index in [1.54, 1.807) is 11.1 Å². The maximum atomic E-state index is 12.4. The van der Waals surface area contributed by atoms with Crippen LogP contribution in [0.5, 0.6) is 0 Å². The van der Waals surface area contributed by atoms with Gasteiger partial charge >= 0.3 is 0 Å². The van der Waals surface area contributed by atoms with Crippen LogP contribution in [0, 0.1) is 0 Å². The third-order valence-corrected chi connectivity index (χ3v) is 4.60. The van der Waals surface area contributed by atoms with Crippen molar-refractivity contribution in [3.63, 3.8) is 0 Å². The van der Waals surface area contributed by atoms with E-state index in [1.165, 1.54) is 12.3 Å². The maximum Gasteiger partial charge on any atom is 0.259 e. The summed E-state index contributed by atoms with van der Waals surface area (Å²) in [5.74, 6) is -0.159. The molecule has 2 fully saturated rings. The Kier molecular flexibility index (Phi) is 4.07. The molecule has 0 bridgehead atoms. The predicted octanol–water partition coefficient (Wildman–Crippen LogP) is 0.0125. The van der Waals surface area contributed by atoms with Gasteiger partial charge in [0.2, 0.25) is 0 Å². The number of amides is 1. The number of H-pyrrole nitrogens is 1. The fraction of sp³-hybridized carbons (Fsp3) is 0.600. The fourth-order valence-electron chi connectivity index (χ4n) is 3.26. The van der Waals surface area contributed by atoms with Crippen molar-refractivity contribution >= 4 is 5.91 Å². The van der Waals surface area contributed by atoms with Crippen LogP contribution in [0.4, 0.5) is 0 Å². The van der Waals surface area contributed by atoms with Gasteiger partial charge in [-0.2, -0.15) is 0 Å². The SMILES string of the molecule is NC1CCN(C2CCN(C(=O)c3c[nH]ccc3=O)C2)CC1. The molecular weight excluding hydrogens is 268 g/mol. The zero-order valence-electron chi connectivity index (χ0n) is 12.1. The number of aromatic nitrogens is 1. The average Bonchev–Trinajstić information content (AvgIpc) is 2.98. The third kappa shape index (κ3) is 3.01. The summed E-state index contributed by atoms with van der Waals surface area (Å²) in [6, 6.07) is 2.12. The predicted molar refractivity (Wildman–Crippen MR) is 80.2 cm³/mol. The van der Waals surface area contributed by atoms with E-state index in [2.05, 4.69) is 9.88 Å². The topological polar surface area (TPSA) is 82.4 Å². The summed E-state index contributed by atoms with van der Waals surface area (Å²) in [4.78, 5) is 31.2. The zero-order valence-corrected chi connectivity index (χ0v) is 12.1. The second kappa shape index (κ2) is 5.99. The Morgan fingerprint density at radius 3 is 2.71 bits per heavy atom. The zero-order chi connectivity index (χ0) is 14.8. The lowest BCUT2D eigenvalue weighted by molar-refractivity contribution is 0.0768. The number of carbonyl (C=O) groups is 1. The lowest BCUT2D eigenvalue weighted by Crippen LogP contribution is -2.46. The van der Waals surface area contributed by atoms with Gasteiger partial charge in [-0.3, -0.25) is 14.5 Å². The summed E-state index contributed by atoms with van der Waals surface area (Å²) in [5.41, 5.74) is 5.95. The Morgan fingerprint density at radius 1 is 1.24 bits per heavy atom. The molecule has 3 N–H and O–H groups in total. The number of likely N-dealkylation sites (tertiary alicyclic amines) is 2. The van der Waals surface area contributed by atoms with Crippen LogP contribution in [-0.2, 0) is 0 Å². The minimum atomic E-state index is -0.217. The first-order valence-corrected chi connectivity index (χ1v) is 7.61. The van der Waals surface area contributed by atoms with Crippen LogP contribution < -0.4 is 11.2 Å². The van der Waals surface area contributed by atoms with Crippen molar-refractivity contribution in [3.8, 4) is 0 Å². The van der Waals surface area contributed by atoms with Crippen LogP contribution in [0.1, 0.15) is 29.6 Å². The Morgan fingerprint density at radius 2 is 2.00 bits per heavy atom. The fourth-order valence-corrected chi connectivity index (χ4v) is 3.26. The van der Waals surface area contributed by atoms with Crippen molar-refractivity contribution in [2.24, 2.45) is 5.73 Å². The van der Waals surface area contributed by atoms with Gasteiger partial charge in [0.15, 0.2) is 5.43 Å². The van der Waals surface area contributed by atoms with Crippen LogP contribution >= 0.6 is 0 Å². The molecule has 0 spiro atoms. The standard InChI is InChI=1S/C15H22N4O2/c16-11-2-6-18(7-3-11)12-4-8-19(10-12)15(21)13-9-17-5-1-14(13)20/h1,5,9,11-12H,2-4,6-8,10,16H2,(H,17,20). The highest BCUT2D eigenvalue weighted by molar-refractivity contribution is 5.94. The number of nitrogens with two attached hydrogens (primary N) is 1. The first-order valence-electron chi connectivity index (χ1n) is 7.61. The number of piperidine rings is 1. The van der Waals surface area contributed by atoms with E-state index in [0.717, 1.165) is 38.9 Å². The minimum Gasteiger partial charge on any atom is -0.367 e. The summed E-state index contributed by atoms with van der Waals surface area (Å²) in [5, 5.41) is 0. The molecule has 1 amide bonds. The number of hydrogen-bond acceptors (Lipinski definition) is 4. The van der Waals surface area contributed by atoms with Gasteiger partial charge in [0.05, 0.1) is 0 Å². The molecule has 1 unspecified atom stereocenters. The molecule has 2 saturated heterocycles. The minimum absolute atomic E-state index is 0.159. The second-order valence-corrected chi connectivity index (χ2v) is 5.99. The third-order valence-electron chi connectivity index (χ3n) is 4.60. The van der Waals surface area contributed by atoms with Crippen molar-refractivity contribution in [3.05, 3.63) is 34.2 Å². The molecule has 2 aliphatic heterocycles. The molecule has 2 aliphatic rings. The molecule has 1 aromatic heterocycles. The van der Waals surface area contributed by atoms with Crippen molar-refractivity contribution in [1.29, 1.82) is 0 Å². The first-order chi connectivity index (χ1) is 10.1. The number of nitrogens with zero attached hydrogens (tertiary/aromatic N) is 2. The number of pyridine rings is 1. The van der Waals surface area contributed by atoms with Crippen molar-refractivity contribution in [2.45, 2.75) is 31.3 Å². The largest absolute Gasteiger partial charge is 0.367 e. The van der Waals surface area contributed by atoms with Crippen LogP contribution in [0.25, 0.3) is 0 Å². The summed E-state index contributed by atoms with van der Waals surface area (Å²) in [7, 11) is 0. The van der Waals surface area contributed by atoms with Crippen LogP contribution in [0.15, 0.2) is 23.3 Å². The van der Waals surface area contributed by atoms with E-state index < -0.39 is 0 Å². The van der Waals surface area contributed by atoms with E-state index >= 15 is 0 Å². The van der Waals surface area contributed by atoms with E-state index in [9.17, 15) is 9.59 Å². The van der Waals surface area contributed by atoms with Crippen LogP contribution in [-0.4, -0.2) is 59.0 Å². The molecule has 3 heterocycles. The molecule has 6 nitrogen and oxygen atoms in total. The summed E-state index contributed by atoms with van der Waals surface area (Å²) < 4.78 is 0. The summed E-state index contributed by atoms with van der Waals surface area (Å²) in [6.45, 7) is 3.46. The molecule has 1 aromatic rings. The Bertz CT molecular complexity index is 563. The molecular formula is C15H22N4O2. The van der Waals surface area contributed by atoms with Crippen LogP contribution in [0.3, 0.4) is 0 Å². The van der Waals surface area contributed by atoms with Crippen molar-refractivity contribution < 1.29 is 4.79 Å². The normalized spacial score (nSPS) is 24.4. The average molecular weight is 290 g/mol. The molecule has 3 rings (SSSR count). The molecule has 0 aliphatic carbocycles. The van der Waals surface area contributed by atoms with Gasteiger partial charge in [0.1, 0.15) is 5.56 Å². The highest BCUT2D eigenvalue weighted by Crippen LogP contribution is 2.20. The Hall–Kier alpha value is -1.66. The monoisotopic (exact) mass is 290 g/mol. The van der Waals surface area contributed by atoms with Gasteiger partial charge in [0, 0.05) is 43.6 Å². The number of nitrogens with one attached hydrogen (secondary N) is 1. The quantitative estimate of drug-likeness (QED) is 0.804. The number of aromatic amines is 1. The number of carbonyl (C=O) groups excluding carboxylic acids is 1. The van der Waals surface area contributed by atoms with Crippen LogP contribution in [0.2, 0.25) is 0 Å². The summed E-state index contributed by atoms with van der Waals surface area (Å²) in [6.07, 6.45) is 6.08. The lowest BCUT2D eigenvalue weighted by Gasteiger charge is -2.34. The first kappa shape index (κ1) is 14.3. The van der Waals surface area contributed by atoms with E-state index in [-0.39, 0.29) is 16.9 Å². The van der Waals surface area contributed by atoms with E-state index in [1.807, 2.05) is 0 Å². The summed E-state index contributed by atoms with van der Waals surface area (Å²) >= 11 is 0. The smallest absolute Gasteiger partial charge is 0.259 e. The van der Waals surface area contributed by atoms with Crippen molar-refractivity contribution in [2.75, 3.05) is 26.2 Å². The van der Waals surface area contributed by atoms with Gasteiger partial charge in [-0.05, 0) is 32.4 Å². The molecule has 21 heavy (non-hydrogen) atoms. The van der Waals surface area contributed by atoms with Gasteiger partial charge in [-0.1, -0.05) is 0 Å². The number of hydrogen-bond donors (Lipinski definition) is 2. The second-order valence-electron chi connectivity index (χ2n) is 5.99. The molecule has 6 heteroatoms. The maximum absolute atomic E-state index is 12.4. The lowest BCUT2D eigenvalue weighted by atomic mass is 10.0. The van der Waals surface area contributed by atoms with Gasteiger partial charge in [0.25, 0.3) is 5.91 Å². The van der Waals surface area contributed by atoms with Gasteiger partial charge in [-0.25, -0.2) is 0 Å². The number of rotatable bonds is 2. The molecule has 0 saturated carbocycles. The van der Waals surface area contributed by atoms with Crippen molar-refractivity contribution in [1.82, 2.24) is 14.8 Å². The highest BCUT2D eigenvalue weighted by atomic mass is 16.2. The molecule has 0 radical (unpaired) electrons. The van der Waals surface area contributed by atoms with Gasteiger partial charge in [-0.15, -0.1) is 0 Å².